The smallest absolute Gasteiger partial charge is 0.256 e. The van der Waals surface area contributed by atoms with E-state index in [0.29, 0.717) is 19.6 Å². The van der Waals surface area contributed by atoms with Crippen LogP contribution < -0.4 is 0 Å². The highest BCUT2D eigenvalue weighted by Gasteiger charge is 2.28. The van der Waals surface area contributed by atoms with Gasteiger partial charge in [-0.3, -0.25) is 14.5 Å². The molecular formula is C20H29N3O3. The summed E-state index contributed by atoms with van der Waals surface area (Å²) < 4.78 is 5.49. The summed E-state index contributed by atoms with van der Waals surface area (Å²) in [6.45, 7) is 5.18. The second-order valence-corrected chi connectivity index (χ2v) is 7.07. The second kappa shape index (κ2) is 9.14. The fraction of sp³-hybridized carbons (Fsp3) is 0.600. The average Bonchev–Trinajstić information content (AvgIpc) is 3.11. The lowest BCUT2D eigenvalue weighted by Crippen LogP contribution is -2.42. The van der Waals surface area contributed by atoms with Crippen molar-refractivity contribution in [2.75, 3.05) is 52.9 Å². The number of ether oxygens (including phenoxy) is 1. The zero-order chi connectivity index (χ0) is 18.4. The van der Waals surface area contributed by atoms with Gasteiger partial charge in [-0.2, -0.15) is 0 Å². The van der Waals surface area contributed by atoms with Crippen LogP contribution in [-0.2, 0) is 14.3 Å². The van der Waals surface area contributed by atoms with Crippen LogP contribution in [0.3, 0.4) is 0 Å². The van der Waals surface area contributed by atoms with Crippen LogP contribution in [0.25, 0.3) is 0 Å². The first kappa shape index (κ1) is 18.9. The number of methoxy groups -OCH3 is 1. The SMILES string of the molecule is COC(C(=O)N1CCCN(CC(=O)N2CCCC2)CC1)c1ccccc1. The van der Waals surface area contributed by atoms with Crippen molar-refractivity contribution < 1.29 is 14.3 Å². The van der Waals surface area contributed by atoms with Crippen LogP contribution >= 0.6 is 0 Å². The van der Waals surface area contributed by atoms with Crippen LogP contribution in [0.1, 0.15) is 30.9 Å². The first-order valence-electron chi connectivity index (χ1n) is 9.55. The molecule has 2 saturated heterocycles. The predicted octanol–water partition coefficient (Wildman–Crippen LogP) is 1.53. The number of rotatable bonds is 5. The topological polar surface area (TPSA) is 53.1 Å². The van der Waals surface area contributed by atoms with Gasteiger partial charge in [0.1, 0.15) is 0 Å². The van der Waals surface area contributed by atoms with E-state index in [1.54, 1.807) is 7.11 Å². The standard InChI is InChI=1S/C20H29N3O3/c1-26-19(17-8-3-2-4-9-17)20(25)23-13-7-10-21(14-15-23)16-18(24)22-11-5-6-12-22/h2-4,8-9,19H,5-7,10-16H2,1H3. The minimum Gasteiger partial charge on any atom is -0.367 e. The molecule has 2 aliphatic heterocycles. The number of benzene rings is 1. The number of amides is 2. The molecule has 2 heterocycles. The maximum absolute atomic E-state index is 12.9. The average molecular weight is 359 g/mol. The third kappa shape index (κ3) is 4.62. The highest BCUT2D eigenvalue weighted by atomic mass is 16.5. The number of hydrogen-bond acceptors (Lipinski definition) is 4. The minimum absolute atomic E-state index is 0.00594. The van der Waals surface area contributed by atoms with Crippen molar-refractivity contribution in [2.24, 2.45) is 0 Å². The molecule has 1 atom stereocenters. The monoisotopic (exact) mass is 359 g/mol. The second-order valence-electron chi connectivity index (χ2n) is 7.07. The van der Waals surface area contributed by atoms with E-state index < -0.39 is 6.10 Å². The number of likely N-dealkylation sites (tertiary alicyclic amines) is 1. The fourth-order valence-corrected chi connectivity index (χ4v) is 3.78. The highest BCUT2D eigenvalue weighted by molar-refractivity contribution is 5.82. The molecule has 1 aromatic rings. The van der Waals surface area contributed by atoms with E-state index >= 15 is 0 Å². The van der Waals surface area contributed by atoms with E-state index in [1.165, 1.54) is 0 Å². The predicted molar refractivity (Wildman–Crippen MR) is 99.6 cm³/mol. The quantitative estimate of drug-likeness (QED) is 0.800. The lowest BCUT2D eigenvalue weighted by Gasteiger charge is -2.26. The van der Waals surface area contributed by atoms with Crippen molar-refractivity contribution >= 4 is 11.8 Å². The normalized spacial score (nSPS) is 20.0. The molecule has 0 bridgehead atoms. The third-order valence-corrected chi connectivity index (χ3v) is 5.28. The van der Waals surface area contributed by atoms with Crippen LogP contribution in [0.4, 0.5) is 0 Å². The van der Waals surface area contributed by atoms with Gasteiger partial charge in [0.2, 0.25) is 5.91 Å². The van der Waals surface area contributed by atoms with Gasteiger partial charge in [-0.1, -0.05) is 30.3 Å². The molecule has 26 heavy (non-hydrogen) atoms. The Morgan fingerprint density at radius 1 is 0.923 bits per heavy atom. The van der Waals surface area contributed by atoms with Crippen molar-refractivity contribution in [1.82, 2.24) is 14.7 Å². The highest BCUT2D eigenvalue weighted by Crippen LogP contribution is 2.20. The Balaban J connectivity index is 1.55. The number of hydrogen-bond donors (Lipinski definition) is 0. The first-order chi connectivity index (χ1) is 12.7. The van der Waals surface area contributed by atoms with Crippen LogP contribution in [0.2, 0.25) is 0 Å². The zero-order valence-electron chi connectivity index (χ0n) is 15.6. The van der Waals surface area contributed by atoms with Crippen LogP contribution in [0, 0.1) is 0 Å². The zero-order valence-corrected chi connectivity index (χ0v) is 15.6. The fourth-order valence-electron chi connectivity index (χ4n) is 3.78. The van der Waals surface area contributed by atoms with E-state index in [1.807, 2.05) is 40.1 Å². The molecule has 0 aliphatic carbocycles. The maximum atomic E-state index is 12.9. The Labute approximate surface area is 155 Å². The van der Waals surface area contributed by atoms with Crippen LogP contribution in [0.15, 0.2) is 30.3 Å². The van der Waals surface area contributed by atoms with Crippen LogP contribution in [-0.4, -0.2) is 79.4 Å². The van der Waals surface area contributed by atoms with Gasteiger partial charge in [0.15, 0.2) is 6.10 Å². The first-order valence-corrected chi connectivity index (χ1v) is 9.55. The Bertz CT molecular complexity index is 602. The molecule has 1 unspecified atom stereocenters. The van der Waals surface area contributed by atoms with E-state index in [0.717, 1.165) is 51.0 Å². The molecule has 0 radical (unpaired) electrons. The molecule has 3 rings (SSSR count). The van der Waals surface area contributed by atoms with Crippen molar-refractivity contribution in [1.29, 1.82) is 0 Å². The Hall–Kier alpha value is -1.92. The van der Waals surface area contributed by atoms with E-state index in [-0.39, 0.29) is 11.8 Å². The van der Waals surface area contributed by atoms with Crippen molar-refractivity contribution in [3.63, 3.8) is 0 Å². The summed E-state index contributed by atoms with van der Waals surface area (Å²) in [4.78, 5) is 31.3. The molecule has 6 heteroatoms. The lowest BCUT2D eigenvalue weighted by molar-refractivity contribution is -0.142. The molecular weight excluding hydrogens is 330 g/mol. The van der Waals surface area contributed by atoms with Gasteiger partial charge >= 0.3 is 0 Å². The van der Waals surface area contributed by atoms with Gasteiger partial charge in [0.05, 0.1) is 6.54 Å². The van der Waals surface area contributed by atoms with Gasteiger partial charge in [-0.25, -0.2) is 0 Å². The van der Waals surface area contributed by atoms with Crippen molar-refractivity contribution in [2.45, 2.75) is 25.4 Å². The number of nitrogens with zero attached hydrogens (tertiary/aromatic N) is 3. The largest absolute Gasteiger partial charge is 0.367 e. The molecule has 0 saturated carbocycles. The summed E-state index contributed by atoms with van der Waals surface area (Å²) in [6.07, 6.45) is 2.55. The van der Waals surface area contributed by atoms with Crippen molar-refractivity contribution in [3.05, 3.63) is 35.9 Å². The van der Waals surface area contributed by atoms with E-state index in [4.69, 9.17) is 4.74 Å². The van der Waals surface area contributed by atoms with E-state index in [2.05, 4.69) is 4.90 Å². The molecule has 142 valence electrons. The summed E-state index contributed by atoms with van der Waals surface area (Å²) in [5, 5.41) is 0. The third-order valence-electron chi connectivity index (χ3n) is 5.28. The maximum Gasteiger partial charge on any atom is 0.256 e. The lowest BCUT2D eigenvalue weighted by atomic mass is 10.1. The van der Waals surface area contributed by atoms with Gasteiger partial charge in [0.25, 0.3) is 5.91 Å². The Morgan fingerprint density at radius 3 is 2.31 bits per heavy atom. The van der Waals surface area contributed by atoms with Gasteiger partial charge in [-0.05, 0) is 24.8 Å². The summed E-state index contributed by atoms with van der Waals surface area (Å²) in [5.41, 5.74) is 0.880. The number of carbonyl (C=O) groups is 2. The summed E-state index contributed by atoms with van der Waals surface area (Å²) >= 11 is 0. The molecule has 0 N–H and O–H groups in total. The molecule has 2 aliphatic rings. The summed E-state index contributed by atoms with van der Waals surface area (Å²) in [6, 6.07) is 9.61. The van der Waals surface area contributed by atoms with Gasteiger partial charge < -0.3 is 14.5 Å². The Kier molecular flexibility index (Phi) is 6.63. The van der Waals surface area contributed by atoms with Crippen LogP contribution in [0.5, 0.6) is 0 Å². The molecule has 2 amide bonds. The minimum atomic E-state index is -0.561. The number of carbonyl (C=O) groups excluding carboxylic acids is 2. The van der Waals surface area contributed by atoms with Crippen molar-refractivity contribution in [3.8, 4) is 0 Å². The molecule has 0 aromatic heterocycles. The molecule has 2 fully saturated rings. The van der Waals surface area contributed by atoms with Gasteiger partial charge in [0, 0.05) is 46.4 Å². The molecule has 6 nitrogen and oxygen atoms in total. The van der Waals surface area contributed by atoms with Gasteiger partial charge in [-0.15, -0.1) is 0 Å². The summed E-state index contributed by atoms with van der Waals surface area (Å²) in [7, 11) is 1.58. The molecule has 1 aromatic carbocycles. The molecule has 0 spiro atoms. The summed E-state index contributed by atoms with van der Waals surface area (Å²) in [5.74, 6) is 0.229. The Morgan fingerprint density at radius 2 is 1.62 bits per heavy atom. The van der Waals surface area contributed by atoms with E-state index in [9.17, 15) is 9.59 Å².